The van der Waals surface area contributed by atoms with Crippen LogP contribution in [0.2, 0.25) is 0 Å². The monoisotopic (exact) mass is 237 g/mol. The number of ether oxygens (including phenoxy) is 1. The summed E-state index contributed by atoms with van der Waals surface area (Å²) in [6.45, 7) is 6.95. The molecule has 1 aliphatic carbocycles. The van der Waals surface area contributed by atoms with Gasteiger partial charge >= 0.3 is 6.01 Å². The van der Waals surface area contributed by atoms with Crippen molar-refractivity contribution in [3.8, 4) is 6.01 Å². The van der Waals surface area contributed by atoms with Crippen molar-refractivity contribution < 1.29 is 4.74 Å². The Morgan fingerprint density at radius 1 is 1.41 bits per heavy atom. The number of rotatable bonds is 5. The molecule has 1 aromatic rings. The molecule has 0 saturated heterocycles. The van der Waals surface area contributed by atoms with Crippen LogP contribution in [0.25, 0.3) is 0 Å². The lowest BCUT2D eigenvalue weighted by molar-refractivity contribution is 0.222. The molecule has 6 nitrogen and oxygen atoms in total. The first-order valence-electron chi connectivity index (χ1n) is 5.96. The van der Waals surface area contributed by atoms with Crippen molar-refractivity contribution in [3.63, 3.8) is 0 Å². The molecule has 2 atom stereocenters. The summed E-state index contributed by atoms with van der Waals surface area (Å²) in [5.74, 6) is 2.20. The highest BCUT2D eigenvalue weighted by Crippen LogP contribution is 2.37. The van der Waals surface area contributed by atoms with Crippen LogP contribution in [0, 0.1) is 11.8 Å². The van der Waals surface area contributed by atoms with E-state index in [0.717, 1.165) is 18.4 Å². The van der Waals surface area contributed by atoms with Crippen LogP contribution in [0.1, 0.15) is 27.2 Å². The van der Waals surface area contributed by atoms with Crippen molar-refractivity contribution in [3.05, 3.63) is 0 Å². The summed E-state index contributed by atoms with van der Waals surface area (Å²) in [7, 11) is 0. The van der Waals surface area contributed by atoms with E-state index in [0.29, 0.717) is 5.95 Å². The third-order valence-corrected chi connectivity index (χ3v) is 2.77. The second kappa shape index (κ2) is 4.73. The molecule has 1 fully saturated rings. The predicted molar refractivity (Wildman–Crippen MR) is 65.8 cm³/mol. The van der Waals surface area contributed by atoms with Crippen LogP contribution in [-0.4, -0.2) is 27.6 Å². The Hall–Kier alpha value is -1.59. The fourth-order valence-electron chi connectivity index (χ4n) is 1.62. The highest BCUT2D eigenvalue weighted by atomic mass is 16.5. The van der Waals surface area contributed by atoms with E-state index in [1.54, 1.807) is 0 Å². The normalized spacial score (nSPS) is 22.6. The number of anilines is 2. The smallest absolute Gasteiger partial charge is 0.323 e. The van der Waals surface area contributed by atoms with Crippen molar-refractivity contribution in [1.82, 2.24) is 15.0 Å². The van der Waals surface area contributed by atoms with Gasteiger partial charge in [0.2, 0.25) is 11.9 Å². The Morgan fingerprint density at radius 3 is 2.71 bits per heavy atom. The molecule has 2 rings (SSSR count). The molecule has 3 N–H and O–H groups in total. The highest BCUT2D eigenvalue weighted by molar-refractivity contribution is 5.32. The maximum absolute atomic E-state index is 5.60. The van der Waals surface area contributed by atoms with Gasteiger partial charge in [0, 0.05) is 6.54 Å². The van der Waals surface area contributed by atoms with E-state index in [9.17, 15) is 0 Å². The maximum Gasteiger partial charge on any atom is 0.323 e. The Morgan fingerprint density at radius 2 is 2.12 bits per heavy atom. The number of hydrogen-bond donors (Lipinski definition) is 2. The highest BCUT2D eigenvalue weighted by Gasteiger charge is 2.32. The van der Waals surface area contributed by atoms with Crippen LogP contribution in [0.4, 0.5) is 11.9 Å². The zero-order chi connectivity index (χ0) is 12.4. The minimum atomic E-state index is 0.0214. The van der Waals surface area contributed by atoms with E-state index in [2.05, 4.69) is 27.2 Å². The summed E-state index contributed by atoms with van der Waals surface area (Å²) in [5.41, 5.74) is 5.60. The molecule has 0 spiro atoms. The third kappa shape index (κ3) is 3.44. The Labute approximate surface area is 101 Å². The second-order valence-electron chi connectivity index (χ2n) is 4.82. The van der Waals surface area contributed by atoms with Crippen molar-refractivity contribution in [2.45, 2.75) is 33.3 Å². The summed E-state index contributed by atoms with van der Waals surface area (Å²) < 4.78 is 5.40. The van der Waals surface area contributed by atoms with Gasteiger partial charge in [0.05, 0.1) is 6.10 Å². The summed E-state index contributed by atoms with van der Waals surface area (Å²) in [5, 5.41) is 3.17. The fraction of sp³-hybridized carbons (Fsp3) is 0.727. The van der Waals surface area contributed by atoms with Crippen LogP contribution in [-0.2, 0) is 0 Å². The van der Waals surface area contributed by atoms with Crippen molar-refractivity contribution in [2.24, 2.45) is 11.8 Å². The van der Waals surface area contributed by atoms with Crippen LogP contribution >= 0.6 is 0 Å². The van der Waals surface area contributed by atoms with E-state index in [1.807, 2.05) is 13.8 Å². The average Bonchev–Trinajstić information content (AvgIpc) is 2.90. The number of nitrogens with zero attached hydrogens (tertiary/aromatic N) is 3. The van der Waals surface area contributed by atoms with Crippen LogP contribution < -0.4 is 15.8 Å². The lowest BCUT2D eigenvalue weighted by Crippen LogP contribution is -2.14. The first-order chi connectivity index (χ1) is 8.04. The summed E-state index contributed by atoms with van der Waals surface area (Å²) in [6.07, 6.45) is 1.29. The Bertz CT molecular complexity index is 395. The zero-order valence-corrected chi connectivity index (χ0v) is 10.5. The van der Waals surface area contributed by atoms with Gasteiger partial charge in [0.25, 0.3) is 0 Å². The number of hydrogen-bond acceptors (Lipinski definition) is 6. The molecular formula is C11H19N5O. The van der Waals surface area contributed by atoms with E-state index in [-0.39, 0.29) is 18.1 Å². The van der Waals surface area contributed by atoms with E-state index in [4.69, 9.17) is 10.5 Å². The second-order valence-corrected chi connectivity index (χ2v) is 4.82. The van der Waals surface area contributed by atoms with Gasteiger partial charge in [-0.2, -0.15) is 15.0 Å². The van der Waals surface area contributed by atoms with Gasteiger partial charge in [-0.1, -0.05) is 6.92 Å². The first-order valence-corrected chi connectivity index (χ1v) is 5.96. The lowest BCUT2D eigenvalue weighted by atomic mass is 10.3. The lowest BCUT2D eigenvalue weighted by Gasteiger charge is -2.09. The van der Waals surface area contributed by atoms with Crippen LogP contribution in [0.3, 0.4) is 0 Å². The largest absolute Gasteiger partial charge is 0.461 e. The van der Waals surface area contributed by atoms with Gasteiger partial charge in [-0.3, -0.25) is 0 Å². The summed E-state index contributed by atoms with van der Waals surface area (Å²) in [4.78, 5) is 12.1. The van der Waals surface area contributed by atoms with Crippen molar-refractivity contribution in [2.75, 3.05) is 17.6 Å². The third-order valence-electron chi connectivity index (χ3n) is 2.77. The fourth-order valence-corrected chi connectivity index (χ4v) is 1.62. The van der Waals surface area contributed by atoms with Crippen LogP contribution in [0.5, 0.6) is 6.01 Å². The molecule has 1 heterocycles. The Balaban J connectivity index is 1.97. The van der Waals surface area contributed by atoms with Crippen LogP contribution in [0.15, 0.2) is 0 Å². The van der Waals surface area contributed by atoms with Gasteiger partial charge < -0.3 is 15.8 Å². The van der Waals surface area contributed by atoms with Crippen molar-refractivity contribution in [1.29, 1.82) is 0 Å². The molecular weight excluding hydrogens is 218 g/mol. The van der Waals surface area contributed by atoms with Crippen molar-refractivity contribution >= 4 is 11.9 Å². The molecule has 1 aliphatic rings. The van der Waals surface area contributed by atoms with Gasteiger partial charge in [0.15, 0.2) is 0 Å². The molecule has 1 aromatic heterocycles. The minimum Gasteiger partial charge on any atom is -0.461 e. The first kappa shape index (κ1) is 11.9. The van der Waals surface area contributed by atoms with E-state index < -0.39 is 0 Å². The molecule has 0 aromatic carbocycles. The van der Waals surface area contributed by atoms with Gasteiger partial charge in [-0.25, -0.2) is 0 Å². The quantitative estimate of drug-likeness (QED) is 0.803. The summed E-state index contributed by atoms with van der Waals surface area (Å²) >= 11 is 0. The molecule has 0 radical (unpaired) electrons. The molecule has 2 unspecified atom stereocenters. The molecule has 0 bridgehead atoms. The molecule has 0 amide bonds. The minimum absolute atomic E-state index is 0.0214. The number of aromatic nitrogens is 3. The average molecular weight is 237 g/mol. The number of nitrogen functional groups attached to an aromatic ring is 1. The number of nitrogens with two attached hydrogens (primary N) is 1. The molecule has 17 heavy (non-hydrogen) atoms. The number of nitrogens with one attached hydrogen (secondary N) is 1. The molecule has 1 saturated carbocycles. The molecule has 0 aliphatic heterocycles. The van der Waals surface area contributed by atoms with Gasteiger partial charge in [-0.15, -0.1) is 0 Å². The van der Waals surface area contributed by atoms with E-state index in [1.165, 1.54) is 6.42 Å². The molecule has 94 valence electrons. The molecule has 6 heteroatoms. The Kier molecular flexibility index (Phi) is 3.31. The topological polar surface area (TPSA) is 86.0 Å². The van der Waals surface area contributed by atoms with E-state index >= 15 is 0 Å². The van der Waals surface area contributed by atoms with Gasteiger partial charge in [-0.05, 0) is 32.1 Å². The zero-order valence-electron chi connectivity index (χ0n) is 10.5. The standard InChI is InChI=1S/C11H19N5O/c1-6(2)17-11-15-9(12)14-10(16-11)13-5-8-4-7(8)3/h6-8H,4-5H2,1-3H3,(H3,12,13,14,15,16). The predicted octanol–water partition coefficient (Wildman–Crippen LogP) is 1.31. The summed E-state index contributed by atoms with van der Waals surface area (Å²) in [6, 6.07) is 0.277. The SMILES string of the molecule is CC(C)Oc1nc(N)nc(NCC2CC2C)n1. The van der Waals surface area contributed by atoms with Gasteiger partial charge in [0.1, 0.15) is 0 Å². The maximum atomic E-state index is 5.60.